The lowest BCUT2D eigenvalue weighted by Crippen LogP contribution is -2.50. The van der Waals surface area contributed by atoms with Crippen LogP contribution in [0.2, 0.25) is 0 Å². The minimum Gasteiger partial charge on any atom is -0.444 e. The monoisotopic (exact) mass is 545 g/mol. The van der Waals surface area contributed by atoms with Gasteiger partial charge in [-0.25, -0.2) is 14.8 Å². The van der Waals surface area contributed by atoms with Crippen LogP contribution < -0.4 is 4.90 Å². The van der Waals surface area contributed by atoms with Crippen molar-refractivity contribution in [1.82, 2.24) is 19.8 Å². The summed E-state index contributed by atoms with van der Waals surface area (Å²) in [4.78, 5) is 39.9. The summed E-state index contributed by atoms with van der Waals surface area (Å²) in [7, 11) is 0. The number of halogens is 1. The second-order valence-electron chi connectivity index (χ2n) is 8.95. The third-order valence-electron chi connectivity index (χ3n) is 5.38. The van der Waals surface area contributed by atoms with E-state index in [1.165, 1.54) is 0 Å². The molecule has 1 aromatic rings. The SMILES string of the molecule is C[C@H](CC(=O)N1CCOCC1)c1c(I)ncnc1N1CCN(C(=O)OC(C)(C)C)CC1. The zero-order valence-corrected chi connectivity index (χ0v) is 20.9. The Morgan fingerprint density at radius 1 is 1.10 bits per heavy atom. The fraction of sp³-hybridized carbons (Fsp3) is 0.714. The molecule has 0 radical (unpaired) electrons. The highest BCUT2D eigenvalue weighted by Crippen LogP contribution is 2.32. The lowest BCUT2D eigenvalue weighted by atomic mass is 9.98. The summed E-state index contributed by atoms with van der Waals surface area (Å²) in [6.07, 6.45) is 1.69. The van der Waals surface area contributed by atoms with Crippen molar-refractivity contribution in [3.05, 3.63) is 15.6 Å². The molecular weight excluding hydrogens is 513 g/mol. The Balaban J connectivity index is 1.67. The van der Waals surface area contributed by atoms with E-state index in [-0.39, 0.29) is 17.9 Å². The first-order chi connectivity index (χ1) is 14.7. The van der Waals surface area contributed by atoms with Crippen molar-refractivity contribution in [2.45, 2.75) is 45.6 Å². The fourth-order valence-corrected chi connectivity index (χ4v) is 4.67. The molecular formula is C21H32IN5O4. The van der Waals surface area contributed by atoms with Crippen LogP contribution in [-0.4, -0.2) is 89.9 Å². The van der Waals surface area contributed by atoms with Crippen LogP contribution in [-0.2, 0) is 14.3 Å². The predicted octanol–water partition coefficient (Wildman–Crippen LogP) is 2.49. The smallest absolute Gasteiger partial charge is 0.410 e. The second kappa shape index (κ2) is 10.3. The highest BCUT2D eigenvalue weighted by atomic mass is 127. The first-order valence-corrected chi connectivity index (χ1v) is 11.8. The molecule has 0 saturated carbocycles. The van der Waals surface area contributed by atoms with E-state index in [2.05, 4.69) is 44.4 Å². The van der Waals surface area contributed by atoms with E-state index < -0.39 is 5.60 Å². The number of hydrogen-bond donors (Lipinski definition) is 0. The van der Waals surface area contributed by atoms with Crippen molar-refractivity contribution in [1.29, 1.82) is 0 Å². The summed E-state index contributed by atoms with van der Waals surface area (Å²) in [6, 6.07) is 0. The molecule has 0 bridgehead atoms. The van der Waals surface area contributed by atoms with Gasteiger partial charge in [-0.2, -0.15) is 0 Å². The zero-order chi connectivity index (χ0) is 22.6. The quantitative estimate of drug-likeness (QED) is 0.425. The van der Waals surface area contributed by atoms with Crippen LogP contribution in [0.3, 0.4) is 0 Å². The normalized spacial score (nSPS) is 18.7. The van der Waals surface area contributed by atoms with Gasteiger partial charge in [0, 0.05) is 51.3 Å². The molecule has 2 aliphatic rings. The number of carbonyl (C=O) groups is 2. The number of anilines is 1. The van der Waals surface area contributed by atoms with Gasteiger partial charge in [0.2, 0.25) is 5.91 Å². The van der Waals surface area contributed by atoms with Gasteiger partial charge in [-0.15, -0.1) is 0 Å². The van der Waals surface area contributed by atoms with Crippen molar-refractivity contribution in [3.63, 3.8) is 0 Å². The van der Waals surface area contributed by atoms with Gasteiger partial charge in [0.05, 0.1) is 13.2 Å². The van der Waals surface area contributed by atoms with Crippen LogP contribution in [0.1, 0.15) is 45.6 Å². The van der Waals surface area contributed by atoms with Gasteiger partial charge in [0.1, 0.15) is 21.4 Å². The number of aromatic nitrogens is 2. The summed E-state index contributed by atoms with van der Waals surface area (Å²) >= 11 is 2.22. The topological polar surface area (TPSA) is 88.1 Å². The molecule has 0 unspecified atom stereocenters. The number of nitrogens with zero attached hydrogens (tertiary/aromatic N) is 5. The minimum atomic E-state index is -0.507. The Hall–Kier alpha value is -1.69. The Kier molecular flexibility index (Phi) is 7.95. The van der Waals surface area contributed by atoms with E-state index in [1.54, 1.807) is 11.2 Å². The molecule has 2 amide bonds. The summed E-state index contributed by atoms with van der Waals surface area (Å²) in [5.41, 5.74) is 0.488. The maximum atomic E-state index is 12.8. The largest absolute Gasteiger partial charge is 0.444 e. The molecule has 1 atom stereocenters. The lowest BCUT2D eigenvalue weighted by Gasteiger charge is -2.37. The fourth-order valence-electron chi connectivity index (χ4n) is 3.77. The zero-order valence-electron chi connectivity index (χ0n) is 18.8. The molecule has 0 spiro atoms. The highest BCUT2D eigenvalue weighted by molar-refractivity contribution is 14.1. The first-order valence-electron chi connectivity index (χ1n) is 10.7. The van der Waals surface area contributed by atoms with Crippen LogP contribution in [0.5, 0.6) is 0 Å². The van der Waals surface area contributed by atoms with E-state index >= 15 is 0 Å². The maximum Gasteiger partial charge on any atom is 0.410 e. The molecule has 0 aromatic carbocycles. The van der Waals surface area contributed by atoms with Gasteiger partial charge in [0.25, 0.3) is 0 Å². The Labute approximate surface area is 197 Å². The van der Waals surface area contributed by atoms with Crippen molar-refractivity contribution < 1.29 is 19.1 Å². The number of morpholine rings is 1. The molecule has 2 saturated heterocycles. The van der Waals surface area contributed by atoms with E-state index in [0.717, 1.165) is 15.1 Å². The Morgan fingerprint density at radius 2 is 1.74 bits per heavy atom. The number of hydrogen-bond acceptors (Lipinski definition) is 7. The van der Waals surface area contributed by atoms with Crippen molar-refractivity contribution >= 4 is 40.4 Å². The van der Waals surface area contributed by atoms with E-state index in [0.29, 0.717) is 58.9 Å². The number of amides is 2. The van der Waals surface area contributed by atoms with E-state index in [9.17, 15) is 9.59 Å². The van der Waals surface area contributed by atoms with Gasteiger partial charge in [-0.3, -0.25) is 4.79 Å². The molecule has 172 valence electrons. The van der Waals surface area contributed by atoms with Gasteiger partial charge in [-0.1, -0.05) is 6.92 Å². The third kappa shape index (κ3) is 6.41. The second-order valence-corrected chi connectivity index (χ2v) is 9.98. The summed E-state index contributed by atoms with van der Waals surface area (Å²) in [6.45, 7) is 12.6. The highest BCUT2D eigenvalue weighted by Gasteiger charge is 2.30. The number of carbonyl (C=O) groups excluding carboxylic acids is 2. The molecule has 0 N–H and O–H groups in total. The minimum absolute atomic E-state index is 0.0117. The summed E-state index contributed by atoms with van der Waals surface area (Å²) in [5, 5.41) is 0. The third-order valence-corrected chi connectivity index (χ3v) is 6.24. The molecule has 0 aliphatic carbocycles. The van der Waals surface area contributed by atoms with Crippen LogP contribution in [0.4, 0.5) is 10.6 Å². The maximum absolute atomic E-state index is 12.8. The van der Waals surface area contributed by atoms with Crippen molar-refractivity contribution in [3.8, 4) is 0 Å². The Bertz CT molecular complexity index is 786. The van der Waals surface area contributed by atoms with Crippen molar-refractivity contribution in [2.24, 2.45) is 0 Å². The summed E-state index contributed by atoms with van der Waals surface area (Å²) < 4.78 is 11.7. The van der Waals surface area contributed by atoms with E-state index in [1.807, 2.05) is 25.7 Å². The number of rotatable bonds is 4. The molecule has 31 heavy (non-hydrogen) atoms. The number of piperazine rings is 1. The molecule has 10 heteroatoms. The van der Waals surface area contributed by atoms with Gasteiger partial charge >= 0.3 is 6.09 Å². The van der Waals surface area contributed by atoms with Crippen molar-refractivity contribution in [2.75, 3.05) is 57.4 Å². The molecule has 1 aromatic heterocycles. The molecule has 2 aliphatic heterocycles. The standard InChI is InChI=1S/C21H32IN5O4/c1-15(13-16(28)25-9-11-30-12-10-25)17-18(22)23-14-24-19(17)26-5-7-27(8-6-26)20(29)31-21(2,3)4/h14-15H,5-13H2,1-4H3/t15-/m1/s1. The van der Waals surface area contributed by atoms with Gasteiger partial charge in [-0.05, 0) is 49.3 Å². The molecule has 3 heterocycles. The molecule has 9 nitrogen and oxygen atoms in total. The number of ether oxygens (including phenoxy) is 2. The molecule has 3 rings (SSSR count). The van der Waals surface area contributed by atoms with E-state index in [4.69, 9.17) is 9.47 Å². The lowest BCUT2D eigenvalue weighted by molar-refractivity contribution is -0.135. The van der Waals surface area contributed by atoms with Gasteiger partial charge < -0.3 is 24.2 Å². The molecule has 2 fully saturated rings. The average molecular weight is 545 g/mol. The van der Waals surface area contributed by atoms with Crippen LogP contribution in [0, 0.1) is 3.70 Å². The summed E-state index contributed by atoms with van der Waals surface area (Å²) in [5.74, 6) is 0.976. The average Bonchev–Trinajstić information content (AvgIpc) is 2.73. The first kappa shape index (κ1) is 24.0. The predicted molar refractivity (Wildman–Crippen MR) is 125 cm³/mol. The van der Waals surface area contributed by atoms with Gasteiger partial charge in [0.15, 0.2) is 0 Å². The van der Waals surface area contributed by atoms with Crippen LogP contribution in [0.15, 0.2) is 6.33 Å². The van der Waals surface area contributed by atoms with Crippen LogP contribution in [0.25, 0.3) is 0 Å². The Morgan fingerprint density at radius 3 is 2.35 bits per heavy atom. The van der Waals surface area contributed by atoms with Crippen LogP contribution >= 0.6 is 22.6 Å².